The minimum atomic E-state index is 0.417. The lowest BCUT2D eigenvalue weighted by Crippen LogP contribution is -2.37. The van der Waals surface area contributed by atoms with Crippen LogP contribution in [0.2, 0.25) is 0 Å². The Hall–Kier alpha value is -3.06. The molecule has 2 aliphatic rings. The molecule has 3 N–H and O–H groups in total. The summed E-state index contributed by atoms with van der Waals surface area (Å²) in [7, 11) is 3.72. The highest BCUT2D eigenvalue weighted by Crippen LogP contribution is 2.42. The zero-order valence-corrected chi connectivity index (χ0v) is 19.1. The van der Waals surface area contributed by atoms with E-state index in [-0.39, 0.29) is 0 Å². The maximum Gasteiger partial charge on any atom is 0.222 e. The topological polar surface area (TPSA) is 82.5 Å². The lowest BCUT2D eigenvalue weighted by atomic mass is 9.92. The van der Waals surface area contributed by atoms with Crippen LogP contribution in [0, 0.1) is 5.41 Å². The second-order valence-corrected chi connectivity index (χ2v) is 8.49. The standard InChI is InChI=1S/C25H33N5O2/c1-17-7-8-21-22(30(17)2)10-9-20(18(15-26)16-28-19-11-13-27-14-12-19)25(21)32-24-6-4-5-23(29-24)31-3/h4-6,9-10,15-17,19,26-28H,7-8,11-14H2,1-3H3/b18-16+,26-15?. The summed E-state index contributed by atoms with van der Waals surface area (Å²) in [6, 6.07) is 10.6. The number of allylic oxidation sites excluding steroid dienone is 1. The monoisotopic (exact) mass is 435 g/mol. The lowest BCUT2D eigenvalue weighted by Gasteiger charge is -2.35. The number of nitrogens with one attached hydrogen (secondary N) is 3. The molecule has 0 radical (unpaired) electrons. The Morgan fingerprint density at radius 2 is 1.97 bits per heavy atom. The number of pyridine rings is 1. The van der Waals surface area contributed by atoms with Gasteiger partial charge in [0.15, 0.2) is 0 Å². The van der Waals surface area contributed by atoms with Gasteiger partial charge in [-0.2, -0.15) is 4.98 Å². The highest BCUT2D eigenvalue weighted by Gasteiger charge is 2.26. The van der Waals surface area contributed by atoms with Crippen molar-refractivity contribution in [2.45, 2.75) is 44.7 Å². The highest BCUT2D eigenvalue weighted by atomic mass is 16.5. The van der Waals surface area contributed by atoms with E-state index < -0.39 is 0 Å². The molecule has 1 atom stereocenters. The van der Waals surface area contributed by atoms with Crippen LogP contribution in [0.3, 0.4) is 0 Å². The smallest absolute Gasteiger partial charge is 0.222 e. The Morgan fingerprint density at radius 1 is 1.19 bits per heavy atom. The van der Waals surface area contributed by atoms with Crippen LogP contribution in [0.4, 0.5) is 5.69 Å². The molecule has 1 aromatic heterocycles. The fourth-order valence-electron chi connectivity index (χ4n) is 4.38. The van der Waals surface area contributed by atoms with Crippen LogP contribution < -0.4 is 25.0 Å². The molecule has 1 unspecified atom stereocenters. The van der Waals surface area contributed by atoms with Crippen molar-refractivity contribution in [3.05, 3.63) is 47.7 Å². The van der Waals surface area contributed by atoms with Gasteiger partial charge in [-0.25, -0.2) is 0 Å². The third-order valence-electron chi connectivity index (χ3n) is 6.48. The number of ether oxygens (including phenoxy) is 2. The van der Waals surface area contributed by atoms with E-state index in [9.17, 15) is 0 Å². The van der Waals surface area contributed by atoms with Gasteiger partial charge in [-0.1, -0.05) is 6.07 Å². The lowest BCUT2D eigenvalue weighted by molar-refractivity contribution is 0.382. The molecule has 4 rings (SSSR count). The van der Waals surface area contributed by atoms with Crippen molar-refractivity contribution in [2.75, 3.05) is 32.1 Å². The normalized spacial score (nSPS) is 19.3. The summed E-state index contributed by atoms with van der Waals surface area (Å²) in [6.45, 7) is 4.28. The number of benzene rings is 1. The van der Waals surface area contributed by atoms with Crippen LogP contribution in [0.5, 0.6) is 17.5 Å². The average Bonchev–Trinajstić information content (AvgIpc) is 2.83. The maximum atomic E-state index is 8.12. The summed E-state index contributed by atoms with van der Waals surface area (Å²) in [6.07, 6.45) is 7.48. The molecule has 7 heteroatoms. The number of nitrogens with zero attached hydrogens (tertiary/aromatic N) is 2. The first-order chi connectivity index (χ1) is 15.6. The van der Waals surface area contributed by atoms with E-state index in [1.807, 2.05) is 18.3 Å². The molecule has 3 heterocycles. The number of fused-ring (bicyclic) bond motifs is 1. The van der Waals surface area contributed by atoms with Gasteiger partial charge < -0.3 is 30.4 Å². The Labute approximate surface area is 190 Å². The van der Waals surface area contributed by atoms with Crippen LogP contribution in [-0.4, -0.2) is 50.5 Å². The number of hydrogen-bond donors (Lipinski definition) is 3. The minimum Gasteiger partial charge on any atom is -0.481 e. The Balaban J connectivity index is 1.74. The SMILES string of the molecule is COc1cccc(Oc2c(/C(C=N)=C/NC3CCNCC3)ccc3c2CCC(C)N3C)n1. The Kier molecular flexibility index (Phi) is 6.95. The number of hydrogen-bond acceptors (Lipinski definition) is 7. The van der Waals surface area contributed by atoms with E-state index >= 15 is 0 Å². The van der Waals surface area contributed by atoms with E-state index in [0.717, 1.165) is 61.2 Å². The molecule has 2 aromatic rings. The molecule has 32 heavy (non-hydrogen) atoms. The van der Waals surface area contributed by atoms with Gasteiger partial charge in [0.1, 0.15) is 5.75 Å². The molecule has 7 nitrogen and oxygen atoms in total. The van der Waals surface area contributed by atoms with Crippen LogP contribution in [0.25, 0.3) is 5.57 Å². The molecular formula is C25H33N5O2. The number of rotatable bonds is 7. The summed E-state index contributed by atoms with van der Waals surface area (Å²) < 4.78 is 11.7. The van der Waals surface area contributed by atoms with Gasteiger partial charge in [0.2, 0.25) is 11.8 Å². The summed E-state index contributed by atoms with van der Waals surface area (Å²) in [5.41, 5.74) is 4.02. The van der Waals surface area contributed by atoms with Gasteiger partial charge in [-0.05, 0) is 57.8 Å². The van der Waals surface area contributed by atoms with Gasteiger partial charge in [0.05, 0.1) is 7.11 Å². The van der Waals surface area contributed by atoms with Gasteiger partial charge >= 0.3 is 0 Å². The fraction of sp³-hybridized carbons (Fsp3) is 0.440. The molecule has 1 fully saturated rings. The second kappa shape index (κ2) is 10.0. The summed E-state index contributed by atoms with van der Waals surface area (Å²) in [5, 5.41) is 15.0. The van der Waals surface area contributed by atoms with Crippen molar-refractivity contribution in [1.29, 1.82) is 5.41 Å². The Morgan fingerprint density at radius 3 is 2.72 bits per heavy atom. The highest BCUT2D eigenvalue weighted by molar-refractivity contribution is 6.09. The van der Waals surface area contributed by atoms with Gasteiger partial charge in [-0.15, -0.1) is 0 Å². The van der Waals surface area contributed by atoms with Gasteiger partial charge in [-0.3, -0.25) is 0 Å². The van der Waals surface area contributed by atoms with Crippen molar-refractivity contribution in [3.8, 4) is 17.5 Å². The third kappa shape index (κ3) is 4.72. The van der Waals surface area contributed by atoms with E-state index in [2.05, 4.69) is 46.6 Å². The number of anilines is 1. The molecular weight excluding hydrogens is 402 g/mol. The van der Waals surface area contributed by atoms with Crippen molar-refractivity contribution >= 4 is 17.5 Å². The predicted molar refractivity (Wildman–Crippen MR) is 129 cm³/mol. The molecule has 2 aliphatic heterocycles. The van der Waals surface area contributed by atoms with Crippen LogP contribution in [-0.2, 0) is 6.42 Å². The summed E-state index contributed by atoms with van der Waals surface area (Å²) in [4.78, 5) is 6.76. The molecule has 1 aromatic carbocycles. The summed E-state index contributed by atoms with van der Waals surface area (Å²) >= 11 is 0. The Bertz CT molecular complexity index is 984. The van der Waals surface area contributed by atoms with Gasteiger partial charge in [0.25, 0.3) is 0 Å². The number of methoxy groups -OCH3 is 1. The first kappa shape index (κ1) is 22.1. The molecule has 1 saturated heterocycles. The molecule has 0 bridgehead atoms. The van der Waals surface area contributed by atoms with E-state index in [4.69, 9.17) is 14.9 Å². The molecule has 0 amide bonds. The van der Waals surface area contributed by atoms with Crippen LogP contribution in [0.1, 0.15) is 37.3 Å². The zero-order chi connectivity index (χ0) is 22.5. The zero-order valence-electron chi connectivity index (χ0n) is 19.1. The number of aromatic nitrogens is 1. The second-order valence-electron chi connectivity index (χ2n) is 8.49. The minimum absolute atomic E-state index is 0.417. The molecule has 0 aliphatic carbocycles. The van der Waals surface area contributed by atoms with E-state index in [1.54, 1.807) is 13.2 Å². The quantitative estimate of drug-likeness (QED) is 0.571. The molecule has 170 valence electrons. The predicted octanol–water partition coefficient (Wildman–Crippen LogP) is 3.99. The van der Waals surface area contributed by atoms with E-state index in [0.29, 0.717) is 23.8 Å². The average molecular weight is 436 g/mol. The number of piperidine rings is 1. The van der Waals surface area contributed by atoms with Crippen molar-refractivity contribution in [1.82, 2.24) is 15.6 Å². The van der Waals surface area contributed by atoms with Crippen molar-refractivity contribution in [3.63, 3.8) is 0 Å². The summed E-state index contributed by atoms with van der Waals surface area (Å²) in [5.74, 6) is 1.76. The van der Waals surface area contributed by atoms with Crippen molar-refractivity contribution < 1.29 is 9.47 Å². The van der Waals surface area contributed by atoms with E-state index in [1.165, 1.54) is 11.9 Å². The van der Waals surface area contributed by atoms with Crippen LogP contribution >= 0.6 is 0 Å². The first-order valence-corrected chi connectivity index (χ1v) is 11.4. The molecule has 0 spiro atoms. The first-order valence-electron chi connectivity index (χ1n) is 11.4. The van der Waals surface area contributed by atoms with Crippen LogP contribution in [0.15, 0.2) is 36.5 Å². The fourth-order valence-corrected chi connectivity index (χ4v) is 4.38. The molecule has 0 saturated carbocycles. The van der Waals surface area contributed by atoms with Gasteiger partial charge in [0, 0.05) is 66.1 Å². The maximum absolute atomic E-state index is 8.12. The third-order valence-corrected chi connectivity index (χ3v) is 6.48. The van der Waals surface area contributed by atoms with Crippen molar-refractivity contribution in [2.24, 2.45) is 0 Å². The largest absolute Gasteiger partial charge is 0.481 e.